The molecule has 0 fully saturated rings. The van der Waals surface area contributed by atoms with Crippen LogP contribution in [0.5, 0.6) is 5.75 Å². The Kier molecular flexibility index (Phi) is 3.20. The molecule has 0 N–H and O–H groups in total. The zero-order valence-corrected chi connectivity index (χ0v) is 9.60. The van der Waals surface area contributed by atoms with Crippen LogP contribution in [0.3, 0.4) is 0 Å². The molecule has 0 amide bonds. The Morgan fingerprint density at radius 2 is 1.94 bits per heavy atom. The van der Waals surface area contributed by atoms with Gasteiger partial charge in [-0.25, -0.2) is 0 Å². The second kappa shape index (κ2) is 4.79. The Balaban J connectivity index is 2.08. The summed E-state index contributed by atoms with van der Waals surface area (Å²) < 4.78 is 5.74. The minimum Gasteiger partial charge on any atom is -0.487 e. The van der Waals surface area contributed by atoms with Gasteiger partial charge in [0, 0.05) is 6.20 Å². The molecule has 16 heavy (non-hydrogen) atoms. The first kappa shape index (κ1) is 10.7. The van der Waals surface area contributed by atoms with Gasteiger partial charge in [-0.05, 0) is 43.2 Å². The van der Waals surface area contributed by atoms with Crippen LogP contribution in [0.25, 0.3) is 0 Å². The maximum Gasteiger partial charge on any atom is 0.130 e. The molecular formula is C14H15NO. The van der Waals surface area contributed by atoms with Crippen molar-refractivity contribution >= 4 is 0 Å². The molecule has 2 rings (SSSR count). The van der Waals surface area contributed by atoms with Gasteiger partial charge < -0.3 is 4.74 Å². The summed E-state index contributed by atoms with van der Waals surface area (Å²) in [5, 5.41) is 0. The van der Waals surface area contributed by atoms with Gasteiger partial charge in [0.1, 0.15) is 12.4 Å². The molecule has 1 aromatic heterocycles. The summed E-state index contributed by atoms with van der Waals surface area (Å²) >= 11 is 0. The molecule has 0 aliphatic rings. The number of rotatable bonds is 3. The van der Waals surface area contributed by atoms with Crippen LogP contribution in [-0.4, -0.2) is 4.98 Å². The van der Waals surface area contributed by atoms with E-state index < -0.39 is 0 Å². The van der Waals surface area contributed by atoms with Crippen LogP contribution in [0.2, 0.25) is 0 Å². The van der Waals surface area contributed by atoms with Gasteiger partial charge >= 0.3 is 0 Å². The molecule has 0 atom stereocenters. The minimum atomic E-state index is 0.519. The molecule has 0 spiro atoms. The zero-order chi connectivity index (χ0) is 11.4. The first-order chi connectivity index (χ1) is 7.77. The summed E-state index contributed by atoms with van der Waals surface area (Å²) in [5.41, 5.74) is 3.39. The number of aromatic nitrogens is 1. The molecule has 2 heteroatoms. The number of benzene rings is 1. The summed E-state index contributed by atoms with van der Waals surface area (Å²) in [6.45, 7) is 4.68. The van der Waals surface area contributed by atoms with Crippen LogP contribution >= 0.6 is 0 Å². The molecular weight excluding hydrogens is 198 g/mol. The maximum absolute atomic E-state index is 5.74. The van der Waals surface area contributed by atoms with Crippen molar-refractivity contribution in [3.05, 3.63) is 59.4 Å². The molecule has 0 saturated heterocycles. The molecule has 82 valence electrons. The number of hydrogen-bond donors (Lipinski definition) is 0. The van der Waals surface area contributed by atoms with E-state index in [1.165, 1.54) is 11.1 Å². The molecule has 1 aromatic carbocycles. The monoisotopic (exact) mass is 213 g/mol. The Bertz CT molecular complexity index is 465. The van der Waals surface area contributed by atoms with Crippen LogP contribution in [0.1, 0.15) is 16.8 Å². The predicted molar refractivity (Wildman–Crippen MR) is 64.5 cm³/mol. The number of nitrogens with zero attached hydrogens (tertiary/aromatic N) is 1. The SMILES string of the molecule is Cc1cccc(OCc2ccccn2)c1C. The average Bonchev–Trinajstić information content (AvgIpc) is 2.32. The summed E-state index contributed by atoms with van der Waals surface area (Å²) in [6, 6.07) is 11.9. The second-order valence-corrected chi connectivity index (χ2v) is 3.81. The van der Waals surface area contributed by atoms with Crippen molar-refractivity contribution in [3.8, 4) is 5.75 Å². The van der Waals surface area contributed by atoms with Crippen LogP contribution in [0.4, 0.5) is 0 Å². The third kappa shape index (κ3) is 2.40. The van der Waals surface area contributed by atoms with Crippen LogP contribution in [-0.2, 0) is 6.61 Å². The topological polar surface area (TPSA) is 22.1 Å². The highest BCUT2D eigenvalue weighted by Crippen LogP contribution is 2.21. The lowest BCUT2D eigenvalue weighted by Gasteiger charge is -2.10. The minimum absolute atomic E-state index is 0.519. The Hall–Kier alpha value is -1.83. The van der Waals surface area contributed by atoms with E-state index in [1.54, 1.807) is 6.20 Å². The molecule has 0 saturated carbocycles. The number of hydrogen-bond acceptors (Lipinski definition) is 2. The molecule has 1 heterocycles. The normalized spacial score (nSPS) is 10.1. The van der Waals surface area contributed by atoms with E-state index in [1.807, 2.05) is 30.3 Å². The first-order valence-corrected chi connectivity index (χ1v) is 5.36. The van der Waals surface area contributed by atoms with Gasteiger partial charge in [0.15, 0.2) is 0 Å². The van der Waals surface area contributed by atoms with Crippen molar-refractivity contribution in [1.82, 2.24) is 4.98 Å². The lowest BCUT2D eigenvalue weighted by atomic mass is 10.1. The highest BCUT2D eigenvalue weighted by molar-refractivity contribution is 5.38. The quantitative estimate of drug-likeness (QED) is 0.780. The summed E-state index contributed by atoms with van der Waals surface area (Å²) in [6.07, 6.45) is 1.78. The van der Waals surface area contributed by atoms with E-state index >= 15 is 0 Å². The average molecular weight is 213 g/mol. The number of ether oxygens (including phenoxy) is 1. The van der Waals surface area contributed by atoms with Gasteiger partial charge in [-0.15, -0.1) is 0 Å². The van der Waals surface area contributed by atoms with Gasteiger partial charge in [-0.3, -0.25) is 4.98 Å². The molecule has 2 aromatic rings. The van der Waals surface area contributed by atoms with Crippen molar-refractivity contribution in [3.63, 3.8) is 0 Å². The Morgan fingerprint density at radius 3 is 2.69 bits per heavy atom. The van der Waals surface area contributed by atoms with Crippen molar-refractivity contribution in [2.75, 3.05) is 0 Å². The molecule has 0 bridgehead atoms. The van der Waals surface area contributed by atoms with Crippen LogP contribution < -0.4 is 4.74 Å². The Labute approximate surface area is 95.9 Å². The molecule has 0 radical (unpaired) electrons. The van der Waals surface area contributed by atoms with Gasteiger partial charge in [0.05, 0.1) is 5.69 Å². The standard InChI is InChI=1S/C14H15NO/c1-11-6-5-8-14(12(11)2)16-10-13-7-3-4-9-15-13/h3-9H,10H2,1-2H3. The van der Waals surface area contributed by atoms with Crippen LogP contribution in [0.15, 0.2) is 42.6 Å². The van der Waals surface area contributed by atoms with Crippen molar-refractivity contribution < 1.29 is 4.74 Å². The van der Waals surface area contributed by atoms with Crippen LogP contribution in [0, 0.1) is 13.8 Å². The predicted octanol–water partition coefficient (Wildman–Crippen LogP) is 3.28. The molecule has 0 aliphatic carbocycles. The lowest BCUT2D eigenvalue weighted by Crippen LogP contribution is -1.99. The van der Waals surface area contributed by atoms with E-state index in [0.29, 0.717) is 6.61 Å². The van der Waals surface area contributed by atoms with Gasteiger partial charge in [0.25, 0.3) is 0 Å². The third-order valence-electron chi connectivity index (χ3n) is 2.66. The largest absolute Gasteiger partial charge is 0.487 e. The van der Waals surface area contributed by atoms with Gasteiger partial charge in [-0.2, -0.15) is 0 Å². The van der Waals surface area contributed by atoms with Gasteiger partial charge in [-0.1, -0.05) is 18.2 Å². The summed E-state index contributed by atoms with van der Waals surface area (Å²) in [7, 11) is 0. The number of aryl methyl sites for hydroxylation is 1. The highest BCUT2D eigenvalue weighted by Gasteiger charge is 2.02. The van der Waals surface area contributed by atoms with E-state index in [9.17, 15) is 0 Å². The molecule has 0 aliphatic heterocycles. The summed E-state index contributed by atoms with van der Waals surface area (Å²) in [5.74, 6) is 0.936. The molecule has 2 nitrogen and oxygen atoms in total. The zero-order valence-electron chi connectivity index (χ0n) is 9.60. The number of pyridine rings is 1. The third-order valence-corrected chi connectivity index (χ3v) is 2.66. The maximum atomic E-state index is 5.74. The van der Waals surface area contributed by atoms with E-state index in [2.05, 4.69) is 24.9 Å². The summed E-state index contributed by atoms with van der Waals surface area (Å²) in [4.78, 5) is 4.22. The van der Waals surface area contributed by atoms with Crippen molar-refractivity contribution in [2.24, 2.45) is 0 Å². The van der Waals surface area contributed by atoms with E-state index in [4.69, 9.17) is 4.74 Å². The Morgan fingerprint density at radius 1 is 1.06 bits per heavy atom. The first-order valence-electron chi connectivity index (χ1n) is 5.36. The van der Waals surface area contributed by atoms with Crippen molar-refractivity contribution in [2.45, 2.75) is 20.5 Å². The fraction of sp³-hybridized carbons (Fsp3) is 0.214. The smallest absolute Gasteiger partial charge is 0.130 e. The van der Waals surface area contributed by atoms with E-state index in [-0.39, 0.29) is 0 Å². The lowest BCUT2D eigenvalue weighted by molar-refractivity contribution is 0.299. The molecule has 0 unspecified atom stereocenters. The van der Waals surface area contributed by atoms with E-state index in [0.717, 1.165) is 11.4 Å². The van der Waals surface area contributed by atoms with Gasteiger partial charge in [0.2, 0.25) is 0 Å². The second-order valence-electron chi connectivity index (χ2n) is 3.81. The van der Waals surface area contributed by atoms with Crippen molar-refractivity contribution in [1.29, 1.82) is 0 Å². The fourth-order valence-electron chi connectivity index (χ4n) is 1.52. The fourth-order valence-corrected chi connectivity index (χ4v) is 1.52. The highest BCUT2D eigenvalue weighted by atomic mass is 16.5.